The first-order valence-electron chi connectivity index (χ1n) is 10.7. The van der Waals surface area contributed by atoms with Gasteiger partial charge in [-0.3, -0.25) is 9.78 Å². The minimum absolute atomic E-state index is 0.125. The van der Waals surface area contributed by atoms with Crippen LogP contribution in [-0.2, 0) is 16.1 Å². The smallest absolute Gasteiger partial charge is 0.221 e. The number of hydrogen-bond acceptors (Lipinski definition) is 10. The molecule has 1 amide bonds. The summed E-state index contributed by atoms with van der Waals surface area (Å²) in [4.78, 5) is 25.5. The Morgan fingerprint density at radius 3 is 1.85 bits per heavy atom. The summed E-state index contributed by atoms with van der Waals surface area (Å²) in [5, 5.41) is 25.1. The van der Waals surface area contributed by atoms with Gasteiger partial charge in [-0.2, -0.15) is 0 Å². The topological polar surface area (TPSA) is 183 Å². The van der Waals surface area contributed by atoms with Crippen LogP contribution in [0.2, 0.25) is 0 Å². The lowest BCUT2D eigenvalue weighted by atomic mass is 10.3. The van der Waals surface area contributed by atoms with E-state index in [1.807, 2.05) is 33.8 Å². The summed E-state index contributed by atoms with van der Waals surface area (Å²) in [7, 11) is 1.00. The van der Waals surface area contributed by atoms with Gasteiger partial charge in [-0.05, 0) is 37.4 Å². The Balaban J connectivity index is -0.000000269. The van der Waals surface area contributed by atoms with E-state index in [9.17, 15) is 9.59 Å². The lowest BCUT2D eigenvalue weighted by molar-refractivity contribution is -0.122. The Kier molecular flexibility index (Phi) is 32.4. The van der Waals surface area contributed by atoms with E-state index in [0.717, 1.165) is 7.11 Å². The van der Waals surface area contributed by atoms with Crippen LogP contribution in [0.1, 0.15) is 60.2 Å². The SMILES string of the molecule is C=C(C)N.C=C(C)N.CC.CC.CO.O=CCCC(=O)NCc1nnc(-c2ccccn2)nn1. The number of aromatic nitrogens is 5. The van der Waals surface area contributed by atoms with Crippen molar-refractivity contribution in [2.75, 3.05) is 7.11 Å². The summed E-state index contributed by atoms with van der Waals surface area (Å²) in [6.45, 7) is 18.3. The summed E-state index contributed by atoms with van der Waals surface area (Å²) in [5.74, 6) is 0.375. The highest BCUT2D eigenvalue weighted by atomic mass is 16.2. The quantitative estimate of drug-likeness (QED) is 0.450. The van der Waals surface area contributed by atoms with Crippen LogP contribution in [0, 0.1) is 0 Å². The predicted octanol–water partition coefficient (Wildman–Crippen LogP) is 2.54. The van der Waals surface area contributed by atoms with Crippen molar-refractivity contribution >= 4 is 12.2 Å². The molecular formula is C23H42N8O3. The molecule has 0 aliphatic heterocycles. The number of allylic oxidation sites excluding steroid dienone is 2. The van der Waals surface area contributed by atoms with Crippen LogP contribution in [0.4, 0.5) is 0 Å². The molecule has 2 aromatic heterocycles. The van der Waals surface area contributed by atoms with Gasteiger partial charge in [-0.25, -0.2) is 0 Å². The zero-order valence-corrected chi connectivity index (χ0v) is 21.6. The third-order valence-electron chi connectivity index (χ3n) is 2.35. The lowest BCUT2D eigenvalue weighted by Crippen LogP contribution is -2.24. The van der Waals surface area contributed by atoms with Crippen LogP contribution in [0.3, 0.4) is 0 Å². The summed E-state index contributed by atoms with van der Waals surface area (Å²) in [5.41, 5.74) is 11.7. The van der Waals surface area contributed by atoms with Gasteiger partial charge >= 0.3 is 0 Å². The van der Waals surface area contributed by atoms with Crippen molar-refractivity contribution in [3.8, 4) is 11.5 Å². The van der Waals surface area contributed by atoms with Gasteiger partial charge in [0.2, 0.25) is 11.7 Å². The van der Waals surface area contributed by atoms with Gasteiger partial charge < -0.3 is 26.7 Å². The van der Waals surface area contributed by atoms with Crippen molar-refractivity contribution in [3.63, 3.8) is 0 Å². The third kappa shape index (κ3) is 28.3. The number of aliphatic hydroxyl groups excluding tert-OH is 1. The number of rotatable bonds is 6. The maximum Gasteiger partial charge on any atom is 0.221 e. The summed E-state index contributed by atoms with van der Waals surface area (Å²) in [6, 6.07) is 5.35. The predicted molar refractivity (Wildman–Crippen MR) is 137 cm³/mol. The van der Waals surface area contributed by atoms with E-state index in [-0.39, 0.29) is 25.3 Å². The van der Waals surface area contributed by atoms with Crippen molar-refractivity contribution in [3.05, 3.63) is 54.8 Å². The summed E-state index contributed by atoms with van der Waals surface area (Å²) in [6.07, 6.45) is 2.67. The van der Waals surface area contributed by atoms with Crippen molar-refractivity contribution in [2.45, 2.75) is 60.9 Å². The van der Waals surface area contributed by atoms with E-state index in [0.29, 0.717) is 35.0 Å². The standard InChI is InChI=1S/C12H12N6O2.2C3H7N.2C2H6.CH4O/c19-7-3-5-11(20)14-8-10-15-17-12(18-16-10)9-4-1-2-6-13-9;2*1-3(2)4;3*1-2/h1-2,4,6-7H,3,5,8H2,(H,14,20);2*1,4H2,2H3;2*1-2H3;2H,1H3. The van der Waals surface area contributed by atoms with E-state index in [1.165, 1.54) is 0 Å². The molecule has 0 spiro atoms. The van der Waals surface area contributed by atoms with Gasteiger partial charge in [0.1, 0.15) is 12.0 Å². The Labute approximate surface area is 203 Å². The highest BCUT2D eigenvalue weighted by molar-refractivity contribution is 5.77. The number of nitrogens with two attached hydrogens (primary N) is 2. The van der Waals surface area contributed by atoms with Crippen molar-refractivity contribution in [2.24, 2.45) is 11.5 Å². The molecule has 0 atom stereocenters. The molecule has 0 fully saturated rings. The second-order valence-corrected chi connectivity index (χ2v) is 5.53. The maximum atomic E-state index is 11.3. The summed E-state index contributed by atoms with van der Waals surface area (Å²) < 4.78 is 0. The van der Waals surface area contributed by atoms with Gasteiger partial charge in [0.25, 0.3) is 0 Å². The molecule has 6 N–H and O–H groups in total. The third-order valence-corrected chi connectivity index (χ3v) is 2.35. The molecule has 0 saturated heterocycles. The highest BCUT2D eigenvalue weighted by Crippen LogP contribution is 2.07. The molecule has 0 aromatic carbocycles. The molecule has 11 heteroatoms. The first-order valence-corrected chi connectivity index (χ1v) is 10.7. The number of pyridine rings is 1. The summed E-state index contributed by atoms with van der Waals surface area (Å²) >= 11 is 0. The molecule has 0 radical (unpaired) electrons. The molecule has 2 heterocycles. The fourth-order valence-electron chi connectivity index (χ4n) is 1.37. The Bertz CT molecular complexity index is 735. The number of amides is 1. The zero-order valence-electron chi connectivity index (χ0n) is 21.6. The molecule has 0 aliphatic carbocycles. The Morgan fingerprint density at radius 2 is 1.47 bits per heavy atom. The lowest BCUT2D eigenvalue weighted by Gasteiger charge is -2.02. The van der Waals surface area contributed by atoms with Crippen molar-refractivity contribution in [1.29, 1.82) is 0 Å². The fourth-order valence-corrected chi connectivity index (χ4v) is 1.37. The van der Waals surface area contributed by atoms with E-state index in [1.54, 1.807) is 32.2 Å². The minimum atomic E-state index is -0.241. The van der Waals surface area contributed by atoms with Crippen molar-refractivity contribution < 1.29 is 14.7 Å². The van der Waals surface area contributed by atoms with E-state index in [4.69, 9.17) is 16.6 Å². The van der Waals surface area contributed by atoms with E-state index >= 15 is 0 Å². The normalized spacial score (nSPS) is 7.88. The van der Waals surface area contributed by atoms with Gasteiger partial charge in [-0.1, -0.05) is 46.9 Å². The average molecular weight is 479 g/mol. The monoisotopic (exact) mass is 478 g/mol. The number of carbonyl (C=O) groups excluding carboxylic acids is 2. The number of carbonyl (C=O) groups is 2. The van der Waals surface area contributed by atoms with Crippen LogP contribution in [-0.4, -0.2) is 49.8 Å². The molecule has 34 heavy (non-hydrogen) atoms. The number of aliphatic hydroxyl groups is 1. The van der Waals surface area contributed by atoms with Crippen molar-refractivity contribution in [1.82, 2.24) is 30.7 Å². The molecule has 192 valence electrons. The first-order chi connectivity index (χ1) is 16.3. The molecule has 0 unspecified atom stereocenters. The number of aldehydes is 1. The highest BCUT2D eigenvalue weighted by Gasteiger charge is 2.06. The largest absolute Gasteiger partial charge is 0.403 e. The zero-order chi connectivity index (χ0) is 27.4. The minimum Gasteiger partial charge on any atom is -0.403 e. The first kappa shape index (κ1) is 37.6. The fraction of sp³-hybridized carbons (Fsp3) is 0.435. The number of nitrogens with zero attached hydrogens (tertiary/aromatic N) is 5. The van der Waals surface area contributed by atoms with E-state index in [2.05, 4.69) is 43.9 Å². The molecule has 0 bridgehead atoms. The van der Waals surface area contributed by atoms with Crippen LogP contribution in [0.5, 0.6) is 0 Å². The number of nitrogens with one attached hydrogen (secondary N) is 1. The Morgan fingerprint density at radius 1 is 1.00 bits per heavy atom. The molecule has 2 aromatic rings. The molecule has 0 saturated carbocycles. The van der Waals surface area contributed by atoms with Gasteiger partial charge in [0, 0.05) is 26.1 Å². The second-order valence-electron chi connectivity index (χ2n) is 5.53. The average Bonchev–Trinajstić information content (AvgIpc) is 2.85. The van der Waals surface area contributed by atoms with Gasteiger partial charge in [-0.15, -0.1) is 20.4 Å². The molecule has 0 aliphatic rings. The van der Waals surface area contributed by atoms with Gasteiger partial charge in [0.05, 0.1) is 6.54 Å². The Hall–Kier alpha value is -3.73. The number of hydrogen-bond donors (Lipinski definition) is 4. The van der Waals surface area contributed by atoms with Crippen LogP contribution < -0.4 is 16.8 Å². The maximum absolute atomic E-state index is 11.3. The molecule has 2 rings (SSSR count). The van der Waals surface area contributed by atoms with Crippen LogP contribution in [0.25, 0.3) is 11.5 Å². The molecule has 11 nitrogen and oxygen atoms in total. The van der Waals surface area contributed by atoms with E-state index < -0.39 is 0 Å². The van der Waals surface area contributed by atoms with Crippen LogP contribution >= 0.6 is 0 Å². The van der Waals surface area contributed by atoms with Gasteiger partial charge in [0.15, 0.2) is 5.82 Å². The van der Waals surface area contributed by atoms with Crippen LogP contribution in [0.15, 0.2) is 48.9 Å². The second kappa shape index (κ2) is 29.3. The molecular weight excluding hydrogens is 436 g/mol.